The normalized spacial score (nSPS) is 11.6. The smallest absolute Gasteiger partial charge is 0.336 e. The Morgan fingerprint density at radius 2 is 1.22 bits per heavy atom. The molecule has 0 aromatic heterocycles. The number of benzene rings is 3. The van der Waals surface area contributed by atoms with Crippen LogP contribution in [0.4, 0.5) is 0 Å². The molecule has 27 heavy (non-hydrogen) atoms. The van der Waals surface area contributed by atoms with Crippen molar-refractivity contribution in [2.45, 2.75) is 4.90 Å². The number of hydroxylamine groups is 1. The quantitative estimate of drug-likeness (QED) is 0.427. The van der Waals surface area contributed by atoms with Gasteiger partial charge in [0.25, 0.3) is 10.0 Å². The van der Waals surface area contributed by atoms with Crippen LogP contribution in [-0.4, -0.2) is 20.2 Å². The summed E-state index contributed by atoms with van der Waals surface area (Å²) >= 11 is 0. The highest BCUT2D eigenvalue weighted by atomic mass is 32.2. The average Bonchev–Trinajstić information content (AvgIpc) is 2.73. The van der Waals surface area contributed by atoms with E-state index in [1.807, 2.05) is 0 Å². The minimum absolute atomic E-state index is 0.0367. The molecule has 0 unspecified atom stereocenters. The van der Waals surface area contributed by atoms with Crippen LogP contribution in [0, 0.1) is 0 Å². The van der Waals surface area contributed by atoms with E-state index in [-0.39, 0.29) is 10.7 Å². The van der Waals surface area contributed by atoms with Gasteiger partial charge in [-0.3, -0.25) is 0 Å². The fourth-order valence-electron chi connectivity index (χ4n) is 2.22. The van der Waals surface area contributed by atoms with Crippen molar-refractivity contribution in [3.05, 3.63) is 102 Å². The summed E-state index contributed by atoms with van der Waals surface area (Å²) in [7, 11) is -3.99. The lowest BCUT2D eigenvalue weighted by molar-refractivity contribution is 0.0387. The summed E-state index contributed by atoms with van der Waals surface area (Å²) in [4.78, 5) is 17.2. The highest BCUT2D eigenvalue weighted by Crippen LogP contribution is 2.13. The lowest BCUT2D eigenvalue weighted by Gasteiger charge is -2.10. The molecule has 0 saturated heterocycles. The van der Waals surface area contributed by atoms with Crippen LogP contribution in [-0.2, 0) is 14.9 Å². The number of carbonyl (C=O) groups excluding carboxylic acids is 1. The second-order valence-electron chi connectivity index (χ2n) is 5.45. The van der Waals surface area contributed by atoms with Gasteiger partial charge in [-0.15, -0.1) is 4.40 Å². The zero-order valence-electron chi connectivity index (χ0n) is 14.1. The van der Waals surface area contributed by atoms with E-state index in [1.165, 1.54) is 12.1 Å². The van der Waals surface area contributed by atoms with E-state index < -0.39 is 16.0 Å². The van der Waals surface area contributed by atoms with Crippen molar-refractivity contribution >= 4 is 21.8 Å². The van der Waals surface area contributed by atoms with E-state index in [4.69, 9.17) is 4.84 Å². The van der Waals surface area contributed by atoms with Crippen LogP contribution in [0.25, 0.3) is 0 Å². The molecule has 1 N–H and O–H groups in total. The van der Waals surface area contributed by atoms with Gasteiger partial charge in [-0.05, 0) is 24.3 Å². The maximum atomic E-state index is 12.6. The summed E-state index contributed by atoms with van der Waals surface area (Å²) in [6, 6.07) is 24.7. The highest BCUT2D eigenvalue weighted by Gasteiger charge is 2.17. The third-order valence-electron chi connectivity index (χ3n) is 3.55. The SMILES string of the molecule is O=C(ONC(=NS(=O)(=O)c1ccccc1)c1ccccc1)c1ccccc1. The summed E-state index contributed by atoms with van der Waals surface area (Å²) in [5, 5.41) is 0. The van der Waals surface area contributed by atoms with Crippen molar-refractivity contribution in [1.29, 1.82) is 0 Å². The molecule has 0 saturated carbocycles. The summed E-state index contributed by atoms with van der Waals surface area (Å²) in [6.45, 7) is 0. The van der Waals surface area contributed by atoms with Gasteiger partial charge < -0.3 is 4.84 Å². The molecule has 0 radical (unpaired) electrons. The molecule has 3 aromatic rings. The standard InChI is InChI=1S/C20H16N2O4S/c23-20(17-12-6-2-7-13-17)26-21-19(16-10-4-1-5-11-16)22-27(24,25)18-14-8-3-9-15-18/h1-15H,(H,21,22). The molecule has 3 rings (SSSR count). The van der Waals surface area contributed by atoms with Crippen molar-refractivity contribution < 1.29 is 18.0 Å². The summed E-state index contributed by atoms with van der Waals surface area (Å²) in [6.07, 6.45) is 0. The van der Waals surface area contributed by atoms with Crippen LogP contribution in [0.1, 0.15) is 15.9 Å². The van der Waals surface area contributed by atoms with Crippen LogP contribution >= 0.6 is 0 Å². The molecule has 0 bridgehead atoms. The third kappa shape index (κ3) is 4.80. The minimum Gasteiger partial charge on any atom is -0.336 e. The van der Waals surface area contributed by atoms with Gasteiger partial charge in [0.2, 0.25) is 0 Å². The number of hydrogen-bond donors (Lipinski definition) is 1. The van der Waals surface area contributed by atoms with E-state index in [0.717, 1.165) is 0 Å². The molecule has 6 nitrogen and oxygen atoms in total. The van der Waals surface area contributed by atoms with Crippen molar-refractivity contribution in [2.75, 3.05) is 0 Å². The number of carbonyl (C=O) groups is 1. The molecular formula is C20H16N2O4S. The molecule has 3 aromatic carbocycles. The first kappa shape index (κ1) is 18.3. The van der Waals surface area contributed by atoms with Crippen LogP contribution < -0.4 is 5.48 Å². The van der Waals surface area contributed by atoms with Gasteiger partial charge in [0.15, 0.2) is 5.84 Å². The van der Waals surface area contributed by atoms with Gasteiger partial charge in [0.05, 0.1) is 10.5 Å². The first-order valence-electron chi connectivity index (χ1n) is 8.04. The molecule has 0 aliphatic heterocycles. The molecule has 0 atom stereocenters. The zero-order valence-corrected chi connectivity index (χ0v) is 15.0. The van der Waals surface area contributed by atoms with Crippen LogP contribution in [0.2, 0.25) is 0 Å². The monoisotopic (exact) mass is 380 g/mol. The van der Waals surface area contributed by atoms with Crippen molar-refractivity contribution in [2.24, 2.45) is 4.40 Å². The Labute approximate surface area is 157 Å². The summed E-state index contributed by atoms with van der Waals surface area (Å²) in [5.74, 6) is -0.750. The lowest BCUT2D eigenvalue weighted by atomic mass is 10.2. The fourth-order valence-corrected chi connectivity index (χ4v) is 3.21. The van der Waals surface area contributed by atoms with Gasteiger partial charge >= 0.3 is 5.97 Å². The number of amidine groups is 1. The van der Waals surface area contributed by atoms with Crippen LogP contribution in [0.3, 0.4) is 0 Å². The Bertz CT molecular complexity index is 1040. The number of nitrogens with one attached hydrogen (secondary N) is 1. The largest absolute Gasteiger partial charge is 0.362 e. The van der Waals surface area contributed by atoms with E-state index in [1.54, 1.807) is 78.9 Å². The van der Waals surface area contributed by atoms with Crippen molar-refractivity contribution in [3.8, 4) is 0 Å². The fraction of sp³-hybridized carbons (Fsp3) is 0. The van der Waals surface area contributed by atoms with Crippen molar-refractivity contribution in [1.82, 2.24) is 5.48 Å². The van der Waals surface area contributed by atoms with E-state index in [2.05, 4.69) is 9.88 Å². The summed E-state index contributed by atoms with van der Waals surface area (Å²) in [5.41, 5.74) is 3.16. The predicted molar refractivity (Wildman–Crippen MR) is 102 cm³/mol. The van der Waals surface area contributed by atoms with Gasteiger partial charge in [0, 0.05) is 5.56 Å². The molecule has 136 valence electrons. The Morgan fingerprint density at radius 1 is 0.741 bits per heavy atom. The molecule has 0 aliphatic carbocycles. The van der Waals surface area contributed by atoms with E-state index in [0.29, 0.717) is 11.1 Å². The number of nitrogens with zero attached hydrogens (tertiary/aromatic N) is 1. The number of sulfonamides is 1. The van der Waals surface area contributed by atoms with E-state index >= 15 is 0 Å². The molecule has 0 spiro atoms. The topological polar surface area (TPSA) is 84.8 Å². The van der Waals surface area contributed by atoms with Gasteiger partial charge in [-0.2, -0.15) is 13.9 Å². The average molecular weight is 380 g/mol. The Kier molecular flexibility index (Phi) is 5.63. The van der Waals surface area contributed by atoms with Gasteiger partial charge in [-0.25, -0.2) is 4.79 Å². The Balaban J connectivity index is 1.89. The first-order valence-corrected chi connectivity index (χ1v) is 9.48. The third-order valence-corrected chi connectivity index (χ3v) is 4.84. The van der Waals surface area contributed by atoms with Crippen LogP contribution in [0.15, 0.2) is 100 Å². The highest BCUT2D eigenvalue weighted by molar-refractivity contribution is 7.90. The van der Waals surface area contributed by atoms with E-state index in [9.17, 15) is 13.2 Å². The minimum atomic E-state index is -3.99. The Hall–Kier alpha value is -3.45. The molecule has 0 fully saturated rings. The molecule has 0 heterocycles. The van der Waals surface area contributed by atoms with Gasteiger partial charge in [-0.1, -0.05) is 66.7 Å². The summed E-state index contributed by atoms with van der Waals surface area (Å²) < 4.78 is 28.9. The second kappa shape index (κ2) is 8.29. The van der Waals surface area contributed by atoms with Gasteiger partial charge in [0.1, 0.15) is 0 Å². The zero-order chi connectivity index (χ0) is 19.1. The molecule has 7 heteroatoms. The van der Waals surface area contributed by atoms with Crippen LogP contribution in [0.5, 0.6) is 0 Å². The first-order chi connectivity index (χ1) is 13.1. The second-order valence-corrected chi connectivity index (χ2v) is 7.06. The van der Waals surface area contributed by atoms with Crippen molar-refractivity contribution in [3.63, 3.8) is 0 Å². The molecule has 0 aliphatic rings. The maximum Gasteiger partial charge on any atom is 0.362 e. The number of hydrogen-bond acceptors (Lipinski definition) is 4. The molecular weight excluding hydrogens is 364 g/mol. The Morgan fingerprint density at radius 3 is 1.78 bits per heavy atom. The lowest BCUT2D eigenvalue weighted by Crippen LogP contribution is -2.29. The maximum absolute atomic E-state index is 12.6. The predicted octanol–water partition coefficient (Wildman–Crippen LogP) is 3.18. The number of rotatable bonds is 4. The molecule has 0 amide bonds.